The molecule has 0 aromatic heterocycles. The SMILES string of the molecule is CO[C@@]12C[C@@H](C(=O)N[C@]3(C(=O)NS(=O)(=O)C4CC4)C[C@H]3C3CC3)N(C1)C(=O)[C@H](C(C)(C)C)NC(=O)OCCCCCc1ccccc1-c1ccc2cc1. The van der Waals surface area contributed by atoms with Gasteiger partial charge in [0.05, 0.1) is 18.4 Å². The van der Waals surface area contributed by atoms with Gasteiger partial charge < -0.3 is 25.0 Å². The van der Waals surface area contributed by atoms with Gasteiger partial charge in [0.2, 0.25) is 21.8 Å². The molecule has 3 aliphatic carbocycles. The van der Waals surface area contributed by atoms with Gasteiger partial charge in [0.25, 0.3) is 5.91 Å². The molecule has 3 aliphatic heterocycles. The number of fused-ring (bicyclic) bond motifs is 11. The summed E-state index contributed by atoms with van der Waals surface area (Å²) in [6.07, 6.45) is 5.81. The summed E-state index contributed by atoms with van der Waals surface area (Å²) in [7, 11) is -2.30. The number of benzene rings is 2. The highest BCUT2D eigenvalue weighted by atomic mass is 32.2. The fourth-order valence-electron chi connectivity index (χ4n) is 8.32. The zero-order valence-corrected chi connectivity index (χ0v) is 31.9. The minimum Gasteiger partial charge on any atom is -0.450 e. The summed E-state index contributed by atoms with van der Waals surface area (Å²) in [5.74, 6) is -1.75. The van der Waals surface area contributed by atoms with Gasteiger partial charge in [-0.2, -0.15) is 0 Å². The van der Waals surface area contributed by atoms with Crippen molar-refractivity contribution in [3.8, 4) is 11.1 Å². The molecule has 3 heterocycles. The van der Waals surface area contributed by atoms with Crippen molar-refractivity contribution in [3.05, 3.63) is 59.7 Å². The van der Waals surface area contributed by atoms with Crippen LogP contribution in [0.5, 0.6) is 0 Å². The van der Waals surface area contributed by atoms with E-state index >= 15 is 0 Å². The summed E-state index contributed by atoms with van der Waals surface area (Å²) < 4.78 is 39.8. The van der Waals surface area contributed by atoms with Crippen LogP contribution >= 0.6 is 0 Å². The minimum atomic E-state index is -3.85. The first kappa shape index (κ1) is 37.3. The van der Waals surface area contributed by atoms with Gasteiger partial charge in [0, 0.05) is 13.5 Å². The van der Waals surface area contributed by atoms with E-state index in [4.69, 9.17) is 9.47 Å². The van der Waals surface area contributed by atoms with E-state index < -0.39 is 67.7 Å². The second-order valence-corrected chi connectivity index (χ2v) is 18.8. The zero-order valence-electron chi connectivity index (χ0n) is 31.1. The smallest absolute Gasteiger partial charge is 0.407 e. The maximum Gasteiger partial charge on any atom is 0.407 e. The highest BCUT2D eigenvalue weighted by Crippen LogP contribution is 2.57. The Morgan fingerprint density at radius 3 is 2.34 bits per heavy atom. The van der Waals surface area contributed by atoms with Crippen LogP contribution in [0.15, 0.2) is 48.5 Å². The van der Waals surface area contributed by atoms with Gasteiger partial charge in [0.1, 0.15) is 23.2 Å². The first-order valence-electron chi connectivity index (χ1n) is 19.0. The Morgan fingerprint density at radius 1 is 0.962 bits per heavy atom. The number of ether oxygens (including phenoxy) is 2. The lowest BCUT2D eigenvalue weighted by Crippen LogP contribution is -2.60. The predicted octanol–water partition coefficient (Wildman–Crippen LogP) is 4.56. The van der Waals surface area contributed by atoms with Crippen molar-refractivity contribution in [3.63, 3.8) is 0 Å². The molecule has 3 saturated carbocycles. The van der Waals surface area contributed by atoms with Crippen LogP contribution in [-0.2, 0) is 45.9 Å². The van der Waals surface area contributed by atoms with Crippen LogP contribution < -0.4 is 15.4 Å². The average Bonchev–Trinajstić information content (AvgIpc) is 4.00. The molecule has 0 unspecified atom stereocenters. The standard InChI is InChI=1S/C40H52N4O8S/c1-38(2,3)33-35(46)44-24-39(51-4,23-32(44)34(45)42-40(22-31(40)27-13-14-27)36(47)43-53(49,50)29-19-20-29)28-17-15-26(16-18-28)30-12-8-7-11-25(30)10-6-5-9-21-52-37(48)41-33/h7-8,11-12,15-18,27,29,31-33H,5-6,9-10,13-14,19-24H2,1-4H3,(H,41,48)(H,42,45)(H,43,47)/t31-,32-,33+,39-,40+/m0/s1. The molecule has 286 valence electrons. The Labute approximate surface area is 312 Å². The van der Waals surface area contributed by atoms with Crippen LogP contribution in [0, 0.1) is 17.3 Å². The number of amides is 4. The van der Waals surface area contributed by atoms with Crippen molar-refractivity contribution < 1.29 is 37.1 Å². The molecule has 0 radical (unpaired) electrons. The average molecular weight is 749 g/mol. The van der Waals surface area contributed by atoms with E-state index in [0.29, 0.717) is 25.7 Å². The molecule has 4 bridgehead atoms. The predicted molar refractivity (Wildman–Crippen MR) is 198 cm³/mol. The molecule has 8 rings (SSSR count). The van der Waals surface area contributed by atoms with Crippen molar-refractivity contribution >= 4 is 33.8 Å². The van der Waals surface area contributed by atoms with Gasteiger partial charge in [-0.3, -0.25) is 19.1 Å². The fraction of sp³-hybridized carbons (Fsp3) is 0.600. The number of sulfonamides is 1. The Bertz CT molecular complexity index is 1870. The number of alkyl carbamates (subject to hydrolysis) is 1. The second kappa shape index (κ2) is 14.0. The molecule has 3 N–H and O–H groups in total. The van der Waals surface area contributed by atoms with Gasteiger partial charge >= 0.3 is 6.09 Å². The topological polar surface area (TPSA) is 160 Å². The van der Waals surface area contributed by atoms with Crippen molar-refractivity contribution in [2.45, 2.75) is 113 Å². The van der Waals surface area contributed by atoms with Crippen LogP contribution in [0.3, 0.4) is 0 Å². The van der Waals surface area contributed by atoms with Crippen molar-refractivity contribution in [2.75, 3.05) is 20.3 Å². The third-order valence-electron chi connectivity index (χ3n) is 11.9. The minimum absolute atomic E-state index is 0.000963. The molecule has 4 fully saturated rings. The molecule has 12 nitrogen and oxygen atoms in total. The molecule has 2 aromatic carbocycles. The Balaban J connectivity index is 1.25. The van der Waals surface area contributed by atoms with Gasteiger partial charge in [-0.05, 0) is 97.3 Å². The third-order valence-corrected chi connectivity index (χ3v) is 13.7. The number of methoxy groups -OCH3 is 1. The van der Waals surface area contributed by atoms with Crippen LogP contribution in [0.4, 0.5) is 4.79 Å². The number of hydrogen-bond donors (Lipinski definition) is 3. The molecule has 53 heavy (non-hydrogen) atoms. The molecule has 13 heteroatoms. The summed E-state index contributed by atoms with van der Waals surface area (Å²) in [5.41, 5.74) is 0.881. The van der Waals surface area contributed by atoms with E-state index in [1.807, 2.05) is 57.2 Å². The number of hydrogen-bond acceptors (Lipinski definition) is 8. The highest BCUT2D eigenvalue weighted by molar-refractivity contribution is 7.91. The van der Waals surface area contributed by atoms with E-state index in [-0.39, 0.29) is 31.4 Å². The molecule has 2 aromatic rings. The summed E-state index contributed by atoms with van der Waals surface area (Å²) in [6.45, 7) is 5.70. The lowest BCUT2D eigenvalue weighted by atomic mass is 9.85. The molecule has 1 saturated heterocycles. The van der Waals surface area contributed by atoms with Gasteiger partial charge in [-0.25, -0.2) is 13.2 Å². The molecule has 0 spiro atoms. The lowest BCUT2D eigenvalue weighted by Gasteiger charge is -2.36. The van der Waals surface area contributed by atoms with Crippen molar-refractivity contribution in [1.82, 2.24) is 20.3 Å². The Kier molecular flexibility index (Phi) is 9.88. The van der Waals surface area contributed by atoms with E-state index in [9.17, 15) is 27.6 Å². The maximum absolute atomic E-state index is 14.7. The van der Waals surface area contributed by atoms with Gasteiger partial charge in [-0.15, -0.1) is 0 Å². The molecule has 5 atom stereocenters. The second-order valence-electron chi connectivity index (χ2n) is 16.8. The van der Waals surface area contributed by atoms with Crippen LogP contribution in [0.1, 0.15) is 89.7 Å². The summed E-state index contributed by atoms with van der Waals surface area (Å²) in [4.78, 5) is 57.7. The van der Waals surface area contributed by atoms with Gasteiger partial charge in [-0.1, -0.05) is 69.3 Å². The third kappa shape index (κ3) is 7.56. The number of nitrogens with zero attached hydrogens (tertiary/aromatic N) is 1. The molecular formula is C40H52N4O8S. The lowest BCUT2D eigenvalue weighted by molar-refractivity contribution is -0.143. The van der Waals surface area contributed by atoms with Crippen molar-refractivity contribution in [2.24, 2.45) is 17.3 Å². The number of nitrogens with one attached hydrogen (secondary N) is 3. The zero-order chi connectivity index (χ0) is 37.8. The van der Waals surface area contributed by atoms with E-state index in [1.54, 1.807) is 7.11 Å². The number of aryl methyl sites for hydroxylation is 1. The first-order chi connectivity index (χ1) is 25.2. The normalized spacial score (nSPS) is 29.5. The van der Waals surface area contributed by atoms with E-state index in [0.717, 1.165) is 48.8 Å². The Hall–Kier alpha value is -3.97. The Morgan fingerprint density at radius 2 is 1.68 bits per heavy atom. The summed E-state index contributed by atoms with van der Waals surface area (Å²) in [5, 5.41) is 5.18. The highest BCUT2D eigenvalue weighted by Gasteiger charge is 2.67. The number of rotatable bonds is 7. The van der Waals surface area contributed by atoms with Crippen LogP contribution in [-0.4, -0.2) is 80.3 Å². The largest absolute Gasteiger partial charge is 0.450 e. The fourth-order valence-corrected chi connectivity index (χ4v) is 9.69. The monoisotopic (exact) mass is 748 g/mol. The maximum atomic E-state index is 14.7. The van der Waals surface area contributed by atoms with Gasteiger partial charge in [0.15, 0.2) is 0 Å². The number of carbonyl (C=O) groups is 4. The summed E-state index contributed by atoms with van der Waals surface area (Å²) in [6, 6.07) is 14.2. The van der Waals surface area contributed by atoms with Crippen molar-refractivity contribution in [1.29, 1.82) is 0 Å². The molecular weight excluding hydrogens is 697 g/mol. The van der Waals surface area contributed by atoms with E-state index in [1.165, 1.54) is 10.5 Å². The number of carbonyl (C=O) groups excluding carboxylic acids is 4. The molecule has 6 aliphatic rings. The quantitative estimate of drug-likeness (QED) is 0.372. The van der Waals surface area contributed by atoms with E-state index in [2.05, 4.69) is 27.5 Å². The summed E-state index contributed by atoms with van der Waals surface area (Å²) >= 11 is 0. The first-order valence-corrected chi connectivity index (χ1v) is 20.6. The van der Waals surface area contributed by atoms with Crippen LogP contribution in [0.2, 0.25) is 0 Å². The molecule has 4 amide bonds. The van der Waals surface area contributed by atoms with Crippen LogP contribution in [0.25, 0.3) is 11.1 Å².